The van der Waals surface area contributed by atoms with Crippen LogP contribution in [0.4, 0.5) is 0 Å². The predicted octanol–water partition coefficient (Wildman–Crippen LogP) is 1.92. The van der Waals surface area contributed by atoms with Gasteiger partial charge in [-0.2, -0.15) is 5.26 Å². The van der Waals surface area contributed by atoms with Gasteiger partial charge in [0.15, 0.2) is 0 Å². The fourth-order valence-electron chi connectivity index (χ4n) is 1.36. The molecule has 0 saturated heterocycles. The van der Waals surface area contributed by atoms with Crippen molar-refractivity contribution in [2.45, 2.75) is 32.7 Å². The van der Waals surface area contributed by atoms with E-state index in [1.54, 1.807) is 0 Å². The molecule has 0 aliphatic rings. The van der Waals surface area contributed by atoms with Crippen LogP contribution in [-0.4, -0.2) is 11.6 Å². The van der Waals surface area contributed by atoms with Gasteiger partial charge in [0, 0.05) is 18.7 Å². The van der Waals surface area contributed by atoms with Gasteiger partial charge in [-0.05, 0) is 31.9 Å². The number of rotatable bonds is 6. The first kappa shape index (κ1) is 12.5. The molecule has 0 saturated carbocycles. The largest absolute Gasteiger partial charge is 0.492 e. The maximum absolute atomic E-state index is 8.38. The summed E-state index contributed by atoms with van der Waals surface area (Å²) in [4.78, 5) is 4.30. The number of nitriles is 1. The summed E-state index contributed by atoms with van der Waals surface area (Å²) in [6.07, 6.45) is 2.33. The number of nitrogens with zero attached hydrogens (tertiary/aromatic N) is 2. The summed E-state index contributed by atoms with van der Waals surface area (Å²) in [5.41, 5.74) is 7.32. The Morgan fingerprint density at radius 1 is 1.44 bits per heavy atom. The number of unbranched alkanes of at least 4 members (excludes halogenated alkanes) is 2. The van der Waals surface area contributed by atoms with Crippen LogP contribution < -0.4 is 10.5 Å². The summed E-state index contributed by atoms with van der Waals surface area (Å²) in [7, 11) is 0. The lowest BCUT2D eigenvalue weighted by Crippen LogP contribution is -2.06. The zero-order valence-electron chi connectivity index (χ0n) is 9.57. The number of hydrogen-bond donors (Lipinski definition) is 1. The van der Waals surface area contributed by atoms with Crippen LogP contribution in [0.25, 0.3) is 0 Å². The highest BCUT2D eigenvalue weighted by Gasteiger charge is 2.03. The van der Waals surface area contributed by atoms with Gasteiger partial charge in [0.25, 0.3) is 0 Å². The average molecular weight is 219 g/mol. The van der Waals surface area contributed by atoms with E-state index in [4.69, 9.17) is 15.7 Å². The first-order valence-corrected chi connectivity index (χ1v) is 5.44. The minimum absolute atomic E-state index is 0.384. The molecule has 2 N–H and O–H groups in total. The van der Waals surface area contributed by atoms with Gasteiger partial charge in [-0.1, -0.05) is 0 Å². The maximum Gasteiger partial charge on any atom is 0.142 e. The highest BCUT2D eigenvalue weighted by atomic mass is 16.5. The molecule has 0 unspecified atom stereocenters. The third-order valence-electron chi connectivity index (χ3n) is 2.21. The highest BCUT2D eigenvalue weighted by Crippen LogP contribution is 2.16. The minimum Gasteiger partial charge on any atom is -0.492 e. The fourth-order valence-corrected chi connectivity index (χ4v) is 1.36. The van der Waals surface area contributed by atoms with E-state index in [1.165, 1.54) is 0 Å². The van der Waals surface area contributed by atoms with E-state index in [9.17, 15) is 0 Å². The van der Waals surface area contributed by atoms with Crippen molar-refractivity contribution in [3.63, 3.8) is 0 Å². The Morgan fingerprint density at radius 2 is 2.25 bits per heavy atom. The summed E-state index contributed by atoms with van der Waals surface area (Å²) in [6, 6.07) is 5.91. The van der Waals surface area contributed by atoms with E-state index < -0.39 is 0 Å². The third-order valence-corrected chi connectivity index (χ3v) is 2.21. The monoisotopic (exact) mass is 219 g/mol. The van der Waals surface area contributed by atoms with Gasteiger partial charge < -0.3 is 10.5 Å². The lowest BCUT2D eigenvalue weighted by Gasteiger charge is -2.09. The Labute approximate surface area is 96.1 Å². The molecule has 4 nitrogen and oxygen atoms in total. The summed E-state index contributed by atoms with van der Waals surface area (Å²) >= 11 is 0. The molecule has 16 heavy (non-hydrogen) atoms. The van der Waals surface area contributed by atoms with Crippen LogP contribution in [0.2, 0.25) is 0 Å². The number of aromatic nitrogens is 1. The van der Waals surface area contributed by atoms with E-state index in [0.717, 1.165) is 30.0 Å². The molecule has 0 spiro atoms. The molecule has 0 aliphatic carbocycles. The molecule has 1 rings (SSSR count). The SMILES string of the molecule is Cc1ccc(OCCCCC#N)c(CN)n1. The second kappa shape index (κ2) is 6.81. The topological polar surface area (TPSA) is 71.9 Å². The van der Waals surface area contributed by atoms with E-state index in [2.05, 4.69) is 11.1 Å². The molecule has 0 fully saturated rings. The first-order valence-electron chi connectivity index (χ1n) is 5.44. The predicted molar refractivity (Wildman–Crippen MR) is 61.8 cm³/mol. The number of nitrogens with two attached hydrogens (primary N) is 1. The smallest absolute Gasteiger partial charge is 0.142 e. The standard InChI is InChI=1S/C12H17N3O/c1-10-5-6-12(11(9-14)15-10)16-8-4-2-3-7-13/h5-6H,2-4,8-9,14H2,1H3. The quantitative estimate of drug-likeness (QED) is 0.742. The van der Waals surface area contributed by atoms with Crippen molar-refractivity contribution < 1.29 is 4.74 Å². The normalized spacial score (nSPS) is 9.81. The van der Waals surface area contributed by atoms with Crippen molar-refractivity contribution >= 4 is 0 Å². The second-order valence-electron chi connectivity index (χ2n) is 3.57. The lowest BCUT2D eigenvalue weighted by molar-refractivity contribution is 0.303. The number of pyridine rings is 1. The molecule has 0 aromatic carbocycles. The molecule has 1 heterocycles. The Hall–Kier alpha value is -1.60. The number of aryl methyl sites for hydroxylation is 1. The molecular formula is C12H17N3O. The van der Waals surface area contributed by atoms with Crippen molar-refractivity contribution in [2.75, 3.05) is 6.61 Å². The average Bonchev–Trinajstić information content (AvgIpc) is 2.30. The van der Waals surface area contributed by atoms with E-state index >= 15 is 0 Å². The fraction of sp³-hybridized carbons (Fsp3) is 0.500. The molecule has 0 radical (unpaired) electrons. The third kappa shape index (κ3) is 3.87. The molecular weight excluding hydrogens is 202 g/mol. The number of hydrogen-bond acceptors (Lipinski definition) is 4. The summed E-state index contributed by atoms with van der Waals surface area (Å²) in [6.45, 7) is 2.92. The van der Waals surface area contributed by atoms with Crippen LogP contribution in [0.1, 0.15) is 30.7 Å². The van der Waals surface area contributed by atoms with Crippen LogP contribution in [0.5, 0.6) is 5.75 Å². The second-order valence-corrected chi connectivity index (χ2v) is 3.57. The van der Waals surface area contributed by atoms with E-state index in [1.807, 2.05) is 19.1 Å². The molecule has 86 valence electrons. The van der Waals surface area contributed by atoms with Gasteiger partial charge in [-0.15, -0.1) is 0 Å². The van der Waals surface area contributed by atoms with Crippen molar-refractivity contribution in [3.05, 3.63) is 23.5 Å². The van der Waals surface area contributed by atoms with Gasteiger partial charge in [0.1, 0.15) is 5.75 Å². The van der Waals surface area contributed by atoms with Crippen molar-refractivity contribution in [1.29, 1.82) is 5.26 Å². The first-order chi connectivity index (χ1) is 7.77. The van der Waals surface area contributed by atoms with Crippen LogP contribution in [0.3, 0.4) is 0 Å². The minimum atomic E-state index is 0.384. The van der Waals surface area contributed by atoms with Gasteiger partial charge in [0.05, 0.1) is 18.4 Å². The van der Waals surface area contributed by atoms with Crippen LogP contribution >= 0.6 is 0 Å². The van der Waals surface area contributed by atoms with Gasteiger partial charge in [-0.3, -0.25) is 4.98 Å². The maximum atomic E-state index is 8.38. The number of ether oxygens (including phenoxy) is 1. The zero-order chi connectivity index (χ0) is 11.8. The Kier molecular flexibility index (Phi) is 5.30. The Bertz CT molecular complexity index is 371. The lowest BCUT2D eigenvalue weighted by atomic mass is 10.2. The van der Waals surface area contributed by atoms with Crippen molar-refractivity contribution in [3.8, 4) is 11.8 Å². The van der Waals surface area contributed by atoms with E-state index in [-0.39, 0.29) is 0 Å². The molecule has 0 amide bonds. The molecule has 0 atom stereocenters. The van der Waals surface area contributed by atoms with Crippen LogP contribution in [0.15, 0.2) is 12.1 Å². The molecule has 0 aliphatic heterocycles. The molecule has 1 aromatic heterocycles. The van der Waals surface area contributed by atoms with Gasteiger partial charge in [0.2, 0.25) is 0 Å². The van der Waals surface area contributed by atoms with Gasteiger partial charge in [-0.25, -0.2) is 0 Å². The van der Waals surface area contributed by atoms with Crippen LogP contribution in [0, 0.1) is 18.3 Å². The highest BCUT2D eigenvalue weighted by molar-refractivity contribution is 5.29. The summed E-state index contributed by atoms with van der Waals surface area (Å²) in [5, 5.41) is 8.38. The van der Waals surface area contributed by atoms with Crippen molar-refractivity contribution in [1.82, 2.24) is 4.98 Å². The Balaban J connectivity index is 2.44. The molecule has 0 bridgehead atoms. The van der Waals surface area contributed by atoms with E-state index in [0.29, 0.717) is 19.6 Å². The molecule has 1 aromatic rings. The van der Waals surface area contributed by atoms with Gasteiger partial charge >= 0.3 is 0 Å². The summed E-state index contributed by atoms with van der Waals surface area (Å²) < 4.78 is 5.58. The summed E-state index contributed by atoms with van der Waals surface area (Å²) in [5.74, 6) is 0.755. The zero-order valence-corrected chi connectivity index (χ0v) is 9.57. The Morgan fingerprint density at radius 3 is 2.94 bits per heavy atom. The molecule has 4 heteroatoms. The van der Waals surface area contributed by atoms with Crippen molar-refractivity contribution in [2.24, 2.45) is 5.73 Å². The van der Waals surface area contributed by atoms with Crippen LogP contribution in [-0.2, 0) is 6.54 Å².